The minimum absolute atomic E-state index is 0.0315. The Labute approximate surface area is 103 Å². The molecule has 0 spiro atoms. The van der Waals surface area contributed by atoms with Gasteiger partial charge in [0.2, 0.25) is 0 Å². The predicted molar refractivity (Wildman–Crippen MR) is 66.2 cm³/mol. The van der Waals surface area contributed by atoms with Crippen molar-refractivity contribution in [3.8, 4) is 11.8 Å². The van der Waals surface area contributed by atoms with Crippen LogP contribution in [0, 0.1) is 11.8 Å². The fourth-order valence-electron chi connectivity index (χ4n) is 1.15. The van der Waals surface area contributed by atoms with Crippen LogP contribution >= 0.6 is 27.5 Å². The van der Waals surface area contributed by atoms with Crippen molar-refractivity contribution in [3.05, 3.63) is 33.3 Å². The van der Waals surface area contributed by atoms with Gasteiger partial charge in [-0.05, 0) is 35.0 Å². The monoisotopic (exact) mass is 284 g/mol. The second-order valence-corrected chi connectivity index (χ2v) is 4.18. The van der Waals surface area contributed by atoms with E-state index < -0.39 is 0 Å². The summed E-state index contributed by atoms with van der Waals surface area (Å²) in [7, 11) is 0. The molecule has 0 radical (unpaired) electrons. The molecule has 1 nitrogen and oxygen atoms in total. The smallest absolute Gasteiger partial charge is 0.165 e. The van der Waals surface area contributed by atoms with Crippen LogP contribution in [-0.4, -0.2) is 5.78 Å². The minimum atomic E-state index is 0.0315. The molecule has 0 aliphatic heterocycles. The van der Waals surface area contributed by atoms with E-state index in [-0.39, 0.29) is 5.78 Å². The predicted octanol–water partition coefficient (Wildman–Crippen LogP) is 4.09. The Hall–Kier alpha value is -0.780. The lowest BCUT2D eigenvalue weighted by Crippen LogP contribution is -1.99. The summed E-state index contributed by atoms with van der Waals surface area (Å²) in [5, 5.41) is 0.479. The van der Waals surface area contributed by atoms with Crippen molar-refractivity contribution in [2.24, 2.45) is 0 Å². The van der Waals surface area contributed by atoms with Crippen LogP contribution in [0.2, 0.25) is 5.02 Å². The van der Waals surface area contributed by atoms with E-state index in [0.717, 1.165) is 4.47 Å². The van der Waals surface area contributed by atoms with Crippen LogP contribution in [0.4, 0.5) is 0 Å². The van der Waals surface area contributed by atoms with Crippen LogP contribution in [0.1, 0.15) is 30.1 Å². The molecular formula is C12H10BrClO. The molecule has 1 aromatic rings. The molecule has 0 bridgehead atoms. The lowest BCUT2D eigenvalue weighted by atomic mass is 10.1. The molecule has 0 fully saturated rings. The summed E-state index contributed by atoms with van der Waals surface area (Å²) in [5.74, 6) is 5.64. The van der Waals surface area contributed by atoms with Gasteiger partial charge in [0.1, 0.15) is 0 Å². The molecule has 0 atom stereocenters. The Balaban J connectivity index is 2.81. The van der Waals surface area contributed by atoms with E-state index in [9.17, 15) is 4.79 Å². The van der Waals surface area contributed by atoms with Gasteiger partial charge in [0.15, 0.2) is 5.78 Å². The number of halogens is 2. The zero-order valence-electron chi connectivity index (χ0n) is 8.31. The van der Waals surface area contributed by atoms with Gasteiger partial charge in [-0.3, -0.25) is 4.79 Å². The first-order valence-corrected chi connectivity index (χ1v) is 5.70. The van der Waals surface area contributed by atoms with Gasteiger partial charge in [-0.15, -0.1) is 11.8 Å². The fourth-order valence-corrected chi connectivity index (χ4v) is 1.75. The second kappa shape index (κ2) is 5.95. The first-order valence-electron chi connectivity index (χ1n) is 4.53. The number of hydrogen-bond acceptors (Lipinski definition) is 1. The Morgan fingerprint density at radius 1 is 1.53 bits per heavy atom. The lowest BCUT2D eigenvalue weighted by molar-refractivity contribution is 0.0984. The molecule has 0 heterocycles. The molecule has 1 rings (SSSR count). The summed E-state index contributed by atoms with van der Waals surface area (Å²) in [6.45, 7) is 1.76. The Kier molecular flexibility index (Phi) is 4.87. The summed E-state index contributed by atoms with van der Waals surface area (Å²) in [5.41, 5.74) is 0.559. The van der Waals surface area contributed by atoms with Crippen molar-refractivity contribution in [1.29, 1.82) is 0 Å². The van der Waals surface area contributed by atoms with Crippen LogP contribution in [0.15, 0.2) is 22.7 Å². The minimum Gasteiger partial charge on any atom is -0.294 e. The van der Waals surface area contributed by atoms with Gasteiger partial charge < -0.3 is 0 Å². The standard InChI is InChI=1S/C12H10BrClO/c1-2-3-4-8-11(15)9-6-5-7-10(13)12(9)14/h5-7H,4,8H2,1H3. The molecule has 0 aliphatic rings. The van der Waals surface area contributed by atoms with Gasteiger partial charge in [0.25, 0.3) is 0 Å². The number of carbonyl (C=O) groups is 1. The summed E-state index contributed by atoms with van der Waals surface area (Å²) >= 11 is 9.28. The number of Topliss-reactive ketones (excluding diaryl/α,β-unsaturated/α-hetero) is 1. The number of rotatable bonds is 3. The number of carbonyl (C=O) groups excluding carboxylic acids is 1. The topological polar surface area (TPSA) is 17.1 Å². The van der Waals surface area contributed by atoms with Crippen molar-refractivity contribution >= 4 is 33.3 Å². The van der Waals surface area contributed by atoms with Crippen LogP contribution in [0.25, 0.3) is 0 Å². The van der Waals surface area contributed by atoms with E-state index in [1.165, 1.54) is 0 Å². The molecule has 15 heavy (non-hydrogen) atoms. The quantitative estimate of drug-likeness (QED) is 0.604. The van der Waals surface area contributed by atoms with Crippen molar-refractivity contribution in [3.63, 3.8) is 0 Å². The Morgan fingerprint density at radius 2 is 2.27 bits per heavy atom. The fraction of sp³-hybridized carbons (Fsp3) is 0.250. The van der Waals surface area contributed by atoms with E-state index in [1.807, 2.05) is 6.07 Å². The highest BCUT2D eigenvalue weighted by Crippen LogP contribution is 2.26. The Bertz CT molecular complexity index is 429. The molecule has 0 saturated carbocycles. The lowest BCUT2D eigenvalue weighted by Gasteiger charge is -2.03. The average molecular weight is 286 g/mol. The molecule has 0 aromatic heterocycles. The maximum atomic E-state index is 11.7. The molecule has 1 aromatic carbocycles. The van der Waals surface area contributed by atoms with Crippen LogP contribution < -0.4 is 0 Å². The highest BCUT2D eigenvalue weighted by atomic mass is 79.9. The third-order valence-corrected chi connectivity index (χ3v) is 3.20. The van der Waals surface area contributed by atoms with Gasteiger partial charge in [-0.25, -0.2) is 0 Å². The average Bonchev–Trinajstić information content (AvgIpc) is 2.22. The molecule has 0 amide bonds. The molecule has 0 unspecified atom stereocenters. The number of hydrogen-bond donors (Lipinski definition) is 0. The van der Waals surface area contributed by atoms with Crippen LogP contribution in [-0.2, 0) is 0 Å². The first kappa shape index (κ1) is 12.3. The highest BCUT2D eigenvalue weighted by molar-refractivity contribution is 9.10. The first-order chi connectivity index (χ1) is 7.16. The van der Waals surface area contributed by atoms with Gasteiger partial charge in [0, 0.05) is 22.9 Å². The molecule has 3 heteroatoms. The maximum absolute atomic E-state index is 11.7. The summed E-state index contributed by atoms with van der Waals surface area (Å²) < 4.78 is 0.747. The molecule has 0 aliphatic carbocycles. The van der Waals surface area contributed by atoms with Crippen LogP contribution in [0.3, 0.4) is 0 Å². The van der Waals surface area contributed by atoms with Crippen molar-refractivity contribution in [2.75, 3.05) is 0 Å². The van der Waals surface area contributed by atoms with E-state index in [2.05, 4.69) is 27.8 Å². The molecule has 0 saturated heterocycles. The van der Waals surface area contributed by atoms with E-state index >= 15 is 0 Å². The van der Waals surface area contributed by atoms with Crippen LogP contribution in [0.5, 0.6) is 0 Å². The summed E-state index contributed by atoms with van der Waals surface area (Å²) in [6, 6.07) is 5.34. The normalized spacial score (nSPS) is 9.27. The van der Waals surface area contributed by atoms with Gasteiger partial charge in [-0.1, -0.05) is 17.7 Å². The van der Waals surface area contributed by atoms with Crippen molar-refractivity contribution in [2.45, 2.75) is 19.8 Å². The van der Waals surface area contributed by atoms with E-state index in [4.69, 9.17) is 11.6 Å². The Morgan fingerprint density at radius 3 is 2.93 bits per heavy atom. The van der Waals surface area contributed by atoms with Crippen molar-refractivity contribution in [1.82, 2.24) is 0 Å². The largest absolute Gasteiger partial charge is 0.294 e. The number of ketones is 1. The maximum Gasteiger partial charge on any atom is 0.165 e. The van der Waals surface area contributed by atoms with E-state index in [0.29, 0.717) is 23.4 Å². The molecular weight excluding hydrogens is 275 g/mol. The van der Waals surface area contributed by atoms with Crippen molar-refractivity contribution < 1.29 is 4.79 Å². The van der Waals surface area contributed by atoms with E-state index in [1.54, 1.807) is 19.1 Å². The zero-order chi connectivity index (χ0) is 11.3. The summed E-state index contributed by atoms with van der Waals surface area (Å²) in [4.78, 5) is 11.7. The third kappa shape index (κ3) is 3.37. The third-order valence-electron chi connectivity index (χ3n) is 1.91. The number of benzene rings is 1. The zero-order valence-corrected chi connectivity index (χ0v) is 10.7. The summed E-state index contributed by atoms with van der Waals surface area (Å²) in [6.07, 6.45) is 0.995. The molecule has 0 N–H and O–H groups in total. The van der Waals surface area contributed by atoms with Gasteiger partial charge >= 0.3 is 0 Å². The molecule has 78 valence electrons. The second-order valence-electron chi connectivity index (χ2n) is 2.95. The SMILES string of the molecule is CC#CCCC(=O)c1cccc(Br)c1Cl. The highest BCUT2D eigenvalue weighted by Gasteiger charge is 2.11. The van der Waals surface area contributed by atoms with Gasteiger partial charge in [0.05, 0.1) is 5.02 Å². The van der Waals surface area contributed by atoms with Gasteiger partial charge in [-0.2, -0.15) is 0 Å².